The number of amides is 1. The normalized spacial score (nSPS) is 9.36. The summed E-state index contributed by atoms with van der Waals surface area (Å²) in [6, 6.07) is 3.58. The van der Waals surface area contributed by atoms with E-state index in [-0.39, 0.29) is 12.5 Å². The van der Waals surface area contributed by atoms with E-state index >= 15 is 0 Å². The van der Waals surface area contributed by atoms with Gasteiger partial charge in [0, 0.05) is 0 Å². The Hall–Kier alpha value is -1.73. The molecule has 1 aromatic rings. The van der Waals surface area contributed by atoms with Gasteiger partial charge < -0.3 is 9.73 Å². The highest BCUT2D eigenvalue weighted by atomic mass is 16.3. The molecule has 0 aliphatic rings. The van der Waals surface area contributed by atoms with Crippen LogP contribution < -0.4 is 10.6 Å². The first-order valence-corrected chi connectivity index (χ1v) is 4.26. The zero-order valence-electron chi connectivity index (χ0n) is 7.75. The summed E-state index contributed by atoms with van der Waals surface area (Å²) < 4.78 is 5.04. The topological polar surface area (TPSA) is 54.3 Å². The molecule has 4 heteroatoms. The Labute approximate surface area is 82.7 Å². The predicted molar refractivity (Wildman–Crippen MR) is 52.3 cm³/mol. The summed E-state index contributed by atoms with van der Waals surface area (Å²) in [5.74, 6) is 3.01. The fourth-order valence-electron chi connectivity index (χ4n) is 0.910. The smallest absolute Gasteiger partial charge is 0.234 e. The fraction of sp³-hybridized carbons (Fsp3) is 0.300. The van der Waals surface area contributed by atoms with Crippen molar-refractivity contribution in [2.45, 2.75) is 6.54 Å². The molecule has 74 valence electrons. The van der Waals surface area contributed by atoms with Crippen LogP contribution in [0.1, 0.15) is 5.76 Å². The van der Waals surface area contributed by atoms with Crippen molar-refractivity contribution < 1.29 is 9.21 Å². The molecular weight excluding hydrogens is 180 g/mol. The van der Waals surface area contributed by atoms with E-state index in [1.807, 2.05) is 0 Å². The Balaban J connectivity index is 2.13. The van der Waals surface area contributed by atoms with Crippen molar-refractivity contribution in [1.29, 1.82) is 0 Å². The van der Waals surface area contributed by atoms with Gasteiger partial charge in [0.25, 0.3) is 0 Å². The number of terminal acetylenes is 1. The third-order valence-corrected chi connectivity index (χ3v) is 1.55. The van der Waals surface area contributed by atoms with E-state index < -0.39 is 0 Å². The SMILES string of the molecule is C#CCNCC(=O)NCc1ccco1. The molecule has 1 aromatic heterocycles. The van der Waals surface area contributed by atoms with Crippen LogP contribution in [0.3, 0.4) is 0 Å². The number of hydrogen-bond acceptors (Lipinski definition) is 3. The first-order chi connectivity index (χ1) is 6.83. The van der Waals surface area contributed by atoms with E-state index in [0.717, 1.165) is 5.76 Å². The molecule has 0 radical (unpaired) electrons. The number of hydrogen-bond donors (Lipinski definition) is 2. The minimum Gasteiger partial charge on any atom is -0.467 e. The number of rotatable bonds is 5. The predicted octanol–water partition coefficient (Wildman–Crippen LogP) is 0.119. The van der Waals surface area contributed by atoms with Crippen LogP contribution in [0, 0.1) is 12.3 Å². The third-order valence-electron chi connectivity index (χ3n) is 1.55. The average molecular weight is 192 g/mol. The van der Waals surface area contributed by atoms with Crippen molar-refractivity contribution in [2.75, 3.05) is 13.1 Å². The molecule has 14 heavy (non-hydrogen) atoms. The molecule has 2 N–H and O–H groups in total. The zero-order chi connectivity index (χ0) is 10.2. The van der Waals surface area contributed by atoms with E-state index in [1.54, 1.807) is 18.4 Å². The van der Waals surface area contributed by atoms with Gasteiger partial charge in [-0.3, -0.25) is 10.1 Å². The van der Waals surface area contributed by atoms with Crippen molar-refractivity contribution in [3.05, 3.63) is 24.2 Å². The zero-order valence-corrected chi connectivity index (χ0v) is 7.75. The fourth-order valence-corrected chi connectivity index (χ4v) is 0.910. The number of carbonyl (C=O) groups is 1. The first-order valence-electron chi connectivity index (χ1n) is 4.26. The van der Waals surface area contributed by atoms with E-state index in [1.165, 1.54) is 0 Å². The van der Waals surface area contributed by atoms with Gasteiger partial charge >= 0.3 is 0 Å². The lowest BCUT2D eigenvalue weighted by molar-refractivity contribution is -0.120. The molecule has 4 nitrogen and oxygen atoms in total. The van der Waals surface area contributed by atoms with Crippen LogP contribution >= 0.6 is 0 Å². The third kappa shape index (κ3) is 3.78. The molecule has 1 amide bonds. The Morgan fingerprint density at radius 3 is 3.14 bits per heavy atom. The first kappa shape index (κ1) is 10.4. The summed E-state index contributed by atoms with van der Waals surface area (Å²) in [6.07, 6.45) is 6.57. The maximum atomic E-state index is 11.1. The molecule has 0 fully saturated rings. The van der Waals surface area contributed by atoms with Gasteiger partial charge in [0.2, 0.25) is 5.91 Å². The lowest BCUT2D eigenvalue weighted by Crippen LogP contribution is -2.33. The monoisotopic (exact) mass is 192 g/mol. The van der Waals surface area contributed by atoms with Crippen LogP contribution in [0.4, 0.5) is 0 Å². The number of furan rings is 1. The molecule has 0 aliphatic carbocycles. The van der Waals surface area contributed by atoms with Gasteiger partial charge in [-0.2, -0.15) is 0 Å². The van der Waals surface area contributed by atoms with Crippen LogP contribution in [0.15, 0.2) is 22.8 Å². The van der Waals surface area contributed by atoms with E-state index in [0.29, 0.717) is 13.1 Å². The standard InChI is InChI=1S/C10H12N2O2/c1-2-5-11-8-10(13)12-7-9-4-3-6-14-9/h1,3-4,6,11H,5,7-8H2,(H,12,13). The van der Waals surface area contributed by atoms with Crippen molar-refractivity contribution in [1.82, 2.24) is 10.6 Å². The summed E-state index contributed by atoms with van der Waals surface area (Å²) in [5.41, 5.74) is 0. The number of nitrogens with one attached hydrogen (secondary N) is 2. The van der Waals surface area contributed by atoms with Crippen LogP contribution in [-0.4, -0.2) is 19.0 Å². The van der Waals surface area contributed by atoms with Gasteiger partial charge in [-0.05, 0) is 12.1 Å². The van der Waals surface area contributed by atoms with Crippen LogP contribution in [-0.2, 0) is 11.3 Å². The Morgan fingerprint density at radius 2 is 2.50 bits per heavy atom. The van der Waals surface area contributed by atoms with Crippen molar-refractivity contribution in [3.63, 3.8) is 0 Å². The van der Waals surface area contributed by atoms with Crippen molar-refractivity contribution in [2.24, 2.45) is 0 Å². The Kier molecular flexibility index (Phi) is 4.32. The Morgan fingerprint density at radius 1 is 1.64 bits per heavy atom. The van der Waals surface area contributed by atoms with Gasteiger partial charge in [0.05, 0.1) is 25.9 Å². The van der Waals surface area contributed by atoms with Crippen LogP contribution in [0.25, 0.3) is 0 Å². The van der Waals surface area contributed by atoms with Crippen molar-refractivity contribution in [3.8, 4) is 12.3 Å². The molecule has 1 rings (SSSR count). The second-order valence-corrected chi connectivity index (χ2v) is 2.66. The van der Waals surface area contributed by atoms with E-state index in [2.05, 4.69) is 16.6 Å². The second kappa shape index (κ2) is 5.84. The molecule has 0 spiro atoms. The van der Waals surface area contributed by atoms with Gasteiger partial charge in [0.1, 0.15) is 5.76 Å². The lowest BCUT2D eigenvalue weighted by Gasteiger charge is -2.02. The van der Waals surface area contributed by atoms with E-state index in [4.69, 9.17) is 10.8 Å². The molecule has 0 atom stereocenters. The summed E-state index contributed by atoms with van der Waals surface area (Å²) in [7, 11) is 0. The molecule has 0 saturated carbocycles. The molecule has 1 heterocycles. The highest BCUT2D eigenvalue weighted by Gasteiger charge is 2.00. The van der Waals surface area contributed by atoms with Crippen LogP contribution in [0.2, 0.25) is 0 Å². The molecule has 0 aliphatic heterocycles. The maximum absolute atomic E-state index is 11.1. The average Bonchev–Trinajstić information content (AvgIpc) is 2.68. The maximum Gasteiger partial charge on any atom is 0.234 e. The highest BCUT2D eigenvalue weighted by Crippen LogP contribution is 1.97. The summed E-state index contributed by atoms with van der Waals surface area (Å²) in [4.78, 5) is 11.1. The number of carbonyl (C=O) groups excluding carboxylic acids is 1. The van der Waals surface area contributed by atoms with Gasteiger partial charge in [-0.15, -0.1) is 6.42 Å². The van der Waals surface area contributed by atoms with Crippen molar-refractivity contribution >= 4 is 5.91 Å². The minimum atomic E-state index is -0.100. The van der Waals surface area contributed by atoms with Gasteiger partial charge in [-0.1, -0.05) is 5.92 Å². The Bertz CT molecular complexity index is 311. The van der Waals surface area contributed by atoms with E-state index in [9.17, 15) is 4.79 Å². The largest absolute Gasteiger partial charge is 0.467 e. The lowest BCUT2D eigenvalue weighted by atomic mass is 10.4. The summed E-state index contributed by atoms with van der Waals surface area (Å²) in [6.45, 7) is 1.03. The molecule has 0 saturated heterocycles. The molecule has 0 unspecified atom stereocenters. The molecular formula is C10H12N2O2. The summed E-state index contributed by atoms with van der Waals surface area (Å²) >= 11 is 0. The van der Waals surface area contributed by atoms with Gasteiger partial charge in [-0.25, -0.2) is 0 Å². The van der Waals surface area contributed by atoms with Crippen LogP contribution in [0.5, 0.6) is 0 Å². The molecule has 0 bridgehead atoms. The van der Waals surface area contributed by atoms with Gasteiger partial charge in [0.15, 0.2) is 0 Å². The quantitative estimate of drug-likeness (QED) is 0.514. The summed E-state index contributed by atoms with van der Waals surface area (Å²) in [5, 5.41) is 5.47. The highest BCUT2D eigenvalue weighted by molar-refractivity contribution is 5.77. The second-order valence-electron chi connectivity index (χ2n) is 2.66. The minimum absolute atomic E-state index is 0.100. The molecule has 0 aromatic carbocycles.